The van der Waals surface area contributed by atoms with Crippen LogP contribution < -0.4 is 10.6 Å². The molecular formula is C23H43N7. The van der Waals surface area contributed by atoms with Gasteiger partial charge in [0.2, 0.25) is 0 Å². The molecule has 0 spiro atoms. The third kappa shape index (κ3) is 6.98. The van der Waals surface area contributed by atoms with Crippen LogP contribution >= 0.6 is 0 Å². The monoisotopic (exact) mass is 417 g/mol. The van der Waals surface area contributed by atoms with Crippen LogP contribution in [-0.2, 0) is 7.05 Å². The number of hydrogen-bond donors (Lipinski definition) is 2. The van der Waals surface area contributed by atoms with Gasteiger partial charge in [0.1, 0.15) is 0 Å². The highest BCUT2D eigenvalue weighted by atomic mass is 15.3. The molecule has 2 aliphatic rings. The van der Waals surface area contributed by atoms with E-state index < -0.39 is 0 Å². The highest BCUT2D eigenvalue weighted by Crippen LogP contribution is 2.25. The molecule has 0 bridgehead atoms. The molecule has 7 heteroatoms. The maximum Gasteiger partial charge on any atom is 0.191 e. The minimum absolute atomic E-state index is 0.228. The number of nitrogens with one attached hydrogen (secondary N) is 2. The molecule has 2 heterocycles. The molecule has 0 amide bonds. The van der Waals surface area contributed by atoms with Gasteiger partial charge in [-0.3, -0.25) is 9.67 Å². The third-order valence-corrected chi connectivity index (χ3v) is 6.67. The van der Waals surface area contributed by atoms with Crippen LogP contribution in [0.25, 0.3) is 0 Å². The summed E-state index contributed by atoms with van der Waals surface area (Å²) in [5, 5.41) is 11.5. The number of guanidine groups is 1. The molecule has 1 atom stereocenters. The molecule has 1 saturated carbocycles. The van der Waals surface area contributed by atoms with Gasteiger partial charge in [0.05, 0.1) is 18.8 Å². The molecule has 7 nitrogen and oxygen atoms in total. The predicted molar refractivity (Wildman–Crippen MR) is 125 cm³/mol. The molecule has 1 saturated heterocycles. The van der Waals surface area contributed by atoms with Crippen molar-refractivity contribution < 1.29 is 0 Å². The lowest BCUT2D eigenvalue weighted by Crippen LogP contribution is -2.49. The summed E-state index contributed by atoms with van der Waals surface area (Å²) in [6.45, 7) is 7.47. The van der Waals surface area contributed by atoms with Crippen LogP contribution in [0.15, 0.2) is 17.4 Å². The van der Waals surface area contributed by atoms with Crippen molar-refractivity contribution >= 4 is 5.96 Å². The topological polar surface area (TPSA) is 60.7 Å². The number of piperidine rings is 1. The Kier molecular flexibility index (Phi) is 9.00. The molecule has 0 aromatic carbocycles. The van der Waals surface area contributed by atoms with E-state index in [4.69, 9.17) is 4.99 Å². The van der Waals surface area contributed by atoms with Gasteiger partial charge in [-0.15, -0.1) is 0 Å². The quantitative estimate of drug-likeness (QED) is 0.503. The smallest absolute Gasteiger partial charge is 0.191 e. The largest absolute Gasteiger partial charge is 0.357 e. The zero-order chi connectivity index (χ0) is 21.3. The van der Waals surface area contributed by atoms with Gasteiger partial charge in [0.15, 0.2) is 5.96 Å². The Morgan fingerprint density at radius 1 is 1.20 bits per heavy atom. The zero-order valence-corrected chi connectivity index (χ0v) is 19.6. The first-order chi connectivity index (χ1) is 14.5. The van der Waals surface area contributed by atoms with Crippen molar-refractivity contribution in [2.24, 2.45) is 18.0 Å². The van der Waals surface area contributed by atoms with E-state index in [1.165, 1.54) is 70.1 Å². The minimum Gasteiger partial charge on any atom is -0.357 e. The maximum atomic E-state index is 4.93. The Morgan fingerprint density at radius 3 is 2.53 bits per heavy atom. The van der Waals surface area contributed by atoms with Gasteiger partial charge in [-0.1, -0.05) is 19.3 Å². The highest BCUT2D eigenvalue weighted by molar-refractivity contribution is 5.80. The second-order valence-corrected chi connectivity index (χ2v) is 9.37. The summed E-state index contributed by atoms with van der Waals surface area (Å²) >= 11 is 0. The van der Waals surface area contributed by atoms with Crippen molar-refractivity contribution in [3.63, 3.8) is 0 Å². The molecule has 3 rings (SSSR count). The van der Waals surface area contributed by atoms with Crippen LogP contribution in [0.2, 0.25) is 0 Å². The third-order valence-electron chi connectivity index (χ3n) is 6.67. The lowest BCUT2D eigenvalue weighted by Gasteiger charge is -2.36. The molecule has 2 N–H and O–H groups in total. The van der Waals surface area contributed by atoms with E-state index in [0.29, 0.717) is 12.6 Å². The molecule has 1 aromatic heterocycles. The van der Waals surface area contributed by atoms with E-state index in [1.54, 1.807) is 0 Å². The van der Waals surface area contributed by atoms with Gasteiger partial charge in [0, 0.05) is 51.0 Å². The maximum absolute atomic E-state index is 4.93. The number of aliphatic imine (C=N–C) groups is 1. The Hall–Kier alpha value is -1.60. The predicted octanol–water partition coefficient (Wildman–Crippen LogP) is 2.62. The Balaban J connectivity index is 1.49. The molecule has 30 heavy (non-hydrogen) atoms. The number of nitrogens with zero attached hydrogens (tertiary/aromatic N) is 5. The van der Waals surface area contributed by atoms with Crippen molar-refractivity contribution in [1.82, 2.24) is 30.2 Å². The van der Waals surface area contributed by atoms with Crippen LogP contribution in [0.3, 0.4) is 0 Å². The average molecular weight is 418 g/mol. The number of aryl methyl sites for hydroxylation is 1. The Morgan fingerprint density at radius 2 is 1.93 bits per heavy atom. The first-order valence-electron chi connectivity index (χ1n) is 12.0. The first-order valence-corrected chi connectivity index (χ1v) is 12.0. The molecule has 170 valence electrons. The lowest BCUT2D eigenvalue weighted by atomic mass is 9.88. The van der Waals surface area contributed by atoms with Crippen LogP contribution in [-0.4, -0.2) is 78.4 Å². The SMILES string of the molecule is CCNC(=NCC(c1cnn(C)c1)N(C)C)NC1CCN(CC2CCCCC2)CC1. The van der Waals surface area contributed by atoms with Crippen LogP contribution in [0.1, 0.15) is 63.5 Å². The first kappa shape index (κ1) is 23.1. The average Bonchev–Trinajstić information content (AvgIpc) is 3.16. The Bertz CT molecular complexity index is 640. The number of rotatable bonds is 8. The van der Waals surface area contributed by atoms with E-state index in [-0.39, 0.29) is 6.04 Å². The second kappa shape index (κ2) is 11.7. The van der Waals surface area contributed by atoms with Crippen molar-refractivity contribution in [1.29, 1.82) is 0 Å². The van der Waals surface area contributed by atoms with Gasteiger partial charge in [-0.2, -0.15) is 5.10 Å². The molecule has 1 unspecified atom stereocenters. The normalized spacial score (nSPS) is 21.2. The van der Waals surface area contributed by atoms with E-state index in [9.17, 15) is 0 Å². The second-order valence-electron chi connectivity index (χ2n) is 9.37. The molecule has 1 aliphatic carbocycles. The standard InChI is InChI=1S/C23H43N7/c1-5-24-23(25-16-22(28(2)3)20-15-26-29(4)18-20)27-21-11-13-30(14-12-21)17-19-9-7-6-8-10-19/h15,18-19,21-22H,5-14,16-17H2,1-4H3,(H2,24,25,27). The molecule has 1 aromatic rings. The van der Waals surface area contributed by atoms with Crippen molar-refractivity contribution in [3.8, 4) is 0 Å². The van der Waals surface area contributed by atoms with Gasteiger partial charge in [-0.05, 0) is 52.6 Å². The van der Waals surface area contributed by atoms with Crippen LogP contribution in [0, 0.1) is 5.92 Å². The van der Waals surface area contributed by atoms with Gasteiger partial charge >= 0.3 is 0 Å². The van der Waals surface area contributed by atoms with Crippen molar-refractivity contribution in [3.05, 3.63) is 18.0 Å². The van der Waals surface area contributed by atoms with E-state index in [2.05, 4.69) is 52.7 Å². The molecule has 1 aliphatic heterocycles. The van der Waals surface area contributed by atoms with E-state index >= 15 is 0 Å². The summed E-state index contributed by atoms with van der Waals surface area (Å²) in [4.78, 5) is 9.84. The summed E-state index contributed by atoms with van der Waals surface area (Å²) in [6, 6.07) is 0.744. The number of hydrogen-bond acceptors (Lipinski definition) is 4. The summed E-state index contributed by atoms with van der Waals surface area (Å²) in [7, 11) is 6.18. The number of likely N-dealkylation sites (tertiary alicyclic amines) is 1. The number of aromatic nitrogens is 2. The van der Waals surface area contributed by atoms with E-state index in [1.807, 2.05) is 17.9 Å². The summed E-state index contributed by atoms with van der Waals surface area (Å²) in [5.41, 5.74) is 1.21. The van der Waals surface area contributed by atoms with Gasteiger partial charge < -0.3 is 20.4 Å². The fraction of sp³-hybridized carbons (Fsp3) is 0.826. The molecule has 0 radical (unpaired) electrons. The van der Waals surface area contributed by atoms with E-state index in [0.717, 1.165) is 18.4 Å². The van der Waals surface area contributed by atoms with Crippen molar-refractivity contribution in [2.75, 3.05) is 46.8 Å². The lowest BCUT2D eigenvalue weighted by molar-refractivity contribution is 0.160. The Labute approximate surface area is 183 Å². The summed E-state index contributed by atoms with van der Waals surface area (Å²) in [6.07, 6.45) is 13.7. The van der Waals surface area contributed by atoms with Crippen molar-refractivity contribution in [2.45, 2.75) is 64.0 Å². The van der Waals surface area contributed by atoms with Gasteiger partial charge in [-0.25, -0.2) is 0 Å². The number of likely N-dealkylation sites (N-methyl/N-ethyl adjacent to an activating group) is 1. The summed E-state index contributed by atoms with van der Waals surface area (Å²) < 4.78 is 1.86. The van der Waals surface area contributed by atoms with Crippen LogP contribution in [0.5, 0.6) is 0 Å². The summed E-state index contributed by atoms with van der Waals surface area (Å²) in [5.74, 6) is 1.89. The zero-order valence-electron chi connectivity index (χ0n) is 19.6. The fourth-order valence-corrected chi connectivity index (χ4v) is 4.86. The van der Waals surface area contributed by atoms with Gasteiger partial charge in [0.25, 0.3) is 0 Å². The molecule has 2 fully saturated rings. The highest BCUT2D eigenvalue weighted by Gasteiger charge is 2.23. The minimum atomic E-state index is 0.228. The molecular weight excluding hydrogens is 374 g/mol. The fourth-order valence-electron chi connectivity index (χ4n) is 4.86. The van der Waals surface area contributed by atoms with Crippen LogP contribution in [0.4, 0.5) is 0 Å².